The van der Waals surface area contributed by atoms with Crippen LogP contribution in [-0.4, -0.2) is 61.4 Å². The second-order valence-electron chi connectivity index (χ2n) is 7.81. The molecule has 2 unspecified atom stereocenters. The first-order valence-corrected chi connectivity index (χ1v) is 9.80. The molecule has 0 aromatic rings. The van der Waals surface area contributed by atoms with Gasteiger partial charge in [-0.3, -0.25) is 9.69 Å². The van der Waals surface area contributed by atoms with Crippen molar-refractivity contribution in [1.82, 2.24) is 10.2 Å². The fraction of sp³-hybridized carbons (Fsp3) is 0.947. The summed E-state index contributed by atoms with van der Waals surface area (Å²) in [6.45, 7) is 8.16. The first-order chi connectivity index (χ1) is 11.6. The van der Waals surface area contributed by atoms with E-state index >= 15 is 0 Å². The van der Waals surface area contributed by atoms with Crippen molar-refractivity contribution in [3.63, 3.8) is 0 Å². The predicted molar refractivity (Wildman–Crippen MR) is 95.9 cm³/mol. The summed E-state index contributed by atoms with van der Waals surface area (Å²) in [6, 6.07) is 0. The van der Waals surface area contributed by atoms with Gasteiger partial charge in [0.15, 0.2) is 0 Å². The Hall–Kier alpha value is -0.650. The summed E-state index contributed by atoms with van der Waals surface area (Å²) in [5.41, 5.74) is 0.0809. The standard InChI is InChI=1S/C19H36N2O3/c1-3-19(15-22)8-11-21(12-9-19)14-18(23)20-10-13-24-17-7-5-4-6-16(17)2/h16-17,22H,3-15H2,1-2H3,(H,20,23). The highest BCUT2D eigenvalue weighted by atomic mass is 16.5. The minimum atomic E-state index is 0.0809. The van der Waals surface area contributed by atoms with Crippen molar-refractivity contribution in [1.29, 1.82) is 0 Å². The molecule has 0 aromatic carbocycles. The normalized spacial score (nSPS) is 27.8. The number of nitrogens with one attached hydrogen (secondary N) is 1. The molecular weight excluding hydrogens is 304 g/mol. The molecule has 1 aliphatic heterocycles. The van der Waals surface area contributed by atoms with Gasteiger partial charge in [0, 0.05) is 13.2 Å². The van der Waals surface area contributed by atoms with Crippen LogP contribution in [0.15, 0.2) is 0 Å². The number of rotatable bonds is 8. The summed E-state index contributed by atoms with van der Waals surface area (Å²) < 4.78 is 5.94. The molecule has 24 heavy (non-hydrogen) atoms. The average Bonchev–Trinajstić information content (AvgIpc) is 2.61. The van der Waals surface area contributed by atoms with E-state index in [0.717, 1.165) is 38.8 Å². The van der Waals surface area contributed by atoms with E-state index in [-0.39, 0.29) is 17.9 Å². The van der Waals surface area contributed by atoms with E-state index < -0.39 is 0 Å². The fourth-order valence-corrected chi connectivity index (χ4v) is 4.00. The van der Waals surface area contributed by atoms with Crippen molar-refractivity contribution in [3.05, 3.63) is 0 Å². The number of aliphatic hydroxyl groups excluding tert-OH is 1. The predicted octanol–water partition coefficient (Wildman–Crippen LogP) is 2.18. The topological polar surface area (TPSA) is 61.8 Å². The third-order valence-electron chi connectivity index (χ3n) is 6.16. The third-order valence-corrected chi connectivity index (χ3v) is 6.16. The second kappa shape index (κ2) is 9.73. The first-order valence-electron chi connectivity index (χ1n) is 9.80. The van der Waals surface area contributed by atoms with Crippen molar-refractivity contribution in [2.75, 3.05) is 39.4 Å². The minimum Gasteiger partial charge on any atom is -0.396 e. The molecule has 2 atom stereocenters. The highest BCUT2D eigenvalue weighted by molar-refractivity contribution is 5.77. The lowest BCUT2D eigenvalue weighted by molar-refractivity contribution is -0.123. The molecule has 0 spiro atoms. The lowest BCUT2D eigenvalue weighted by Crippen LogP contribution is -2.46. The van der Waals surface area contributed by atoms with E-state index in [9.17, 15) is 9.90 Å². The molecule has 140 valence electrons. The van der Waals surface area contributed by atoms with Crippen LogP contribution in [0.1, 0.15) is 58.8 Å². The third kappa shape index (κ3) is 5.71. The molecule has 0 bridgehead atoms. The smallest absolute Gasteiger partial charge is 0.234 e. The van der Waals surface area contributed by atoms with Gasteiger partial charge < -0.3 is 15.2 Å². The maximum absolute atomic E-state index is 12.1. The Labute approximate surface area is 147 Å². The van der Waals surface area contributed by atoms with Crippen molar-refractivity contribution >= 4 is 5.91 Å². The van der Waals surface area contributed by atoms with E-state index in [4.69, 9.17) is 4.74 Å². The van der Waals surface area contributed by atoms with Gasteiger partial charge in [0.2, 0.25) is 5.91 Å². The van der Waals surface area contributed by atoms with Crippen molar-refractivity contribution in [2.45, 2.75) is 64.9 Å². The van der Waals surface area contributed by atoms with E-state index in [2.05, 4.69) is 24.1 Å². The maximum atomic E-state index is 12.1. The fourth-order valence-electron chi connectivity index (χ4n) is 4.00. The average molecular weight is 341 g/mol. The number of aliphatic hydroxyl groups is 1. The highest BCUT2D eigenvalue weighted by Gasteiger charge is 2.32. The van der Waals surface area contributed by atoms with Gasteiger partial charge in [0.1, 0.15) is 0 Å². The molecule has 1 heterocycles. The Bertz CT molecular complexity index is 375. The zero-order chi connectivity index (χ0) is 17.4. The summed E-state index contributed by atoms with van der Waals surface area (Å²) in [6.07, 6.45) is 8.36. The molecule has 2 rings (SSSR count). The summed E-state index contributed by atoms with van der Waals surface area (Å²) in [4.78, 5) is 14.3. The van der Waals surface area contributed by atoms with Gasteiger partial charge in [0.25, 0.3) is 0 Å². The Morgan fingerprint density at radius 1 is 1.29 bits per heavy atom. The van der Waals surface area contributed by atoms with E-state index in [1.54, 1.807) is 0 Å². The summed E-state index contributed by atoms with van der Waals surface area (Å²) in [5.74, 6) is 0.733. The molecule has 1 saturated carbocycles. The van der Waals surface area contributed by atoms with E-state index in [1.165, 1.54) is 19.3 Å². The van der Waals surface area contributed by atoms with Crippen molar-refractivity contribution in [2.24, 2.45) is 11.3 Å². The molecule has 2 aliphatic rings. The Kier molecular flexibility index (Phi) is 7.98. The van der Waals surface area contributed by atoms with Crippen LogP contribution in [0.3, 0.4) is 0 Å². The monoisotopic (exact) mass is 340 g/mol. The molecule has 1 aliphatic carbocycles. The van der Waals surface area contributed by atoms with Crippen LogP contribution in [0, 0.1) is 11.3 Å². The number of amides is 1. The lowest BCUT2D eigenvalue weighted by Gasteiger charge is -2.39. The number of hydrogen-bond acceptors (Lipinski definition) is 4. The molecular formula is C19H36N2O3. The highest BCUT2D eigenvalue weighted by Crippen LogP contribution is 2.33. The van der Waals surface area contributed by atoms with Crippen molar-refractivity contribution in [3.8, 4) is 0 Å². The van der Waals surface area contributed by atoms with Gasteiger partial charge in [-0.05, 0) is 56.5 Å². The van der Waals surface area contributed by atoms with Gasteiger partial charge in [0.05, 0.1) is 19.3 Å². The van der Waals surface area contributed by atoms with Crippen LogP contribution in [-0.2, 0) is 9.53 Å². The van der Waals surface area contributed by atoms with E-state index in [1.807, 2.05) is 0 Å². The van der Waals surface area contributed by atoms with Gasteiger partial charge >= 0.3 is 0 Å². The van der Waals surface area contributed by atoms with Gasteiger partial charge in [-0.15, -0.1) is 0 Å². The molecule has 1 amide bonds. The first kappa shape index (κ1) is 19.7. The van der Waals surface area contributed by atoms with Crippen molar-refractivity contribution < 1.29 is 14.6 Å². The number of carbonyl (C=O) groups is 1. The van der Waals surface area contributed by atoms with Crippen LogP contribution in [0.2, 0.25) is 0 Å². The van der Waals surface area contributed by atoms with Gasteiger partial charge in [-0.1, -0.05) is 26.7 Å². The Morgan fingerprint density at radius 2 is 2.00 bits per heavy atom. The molecule has 5 heteroatoms. The van der Waals surface area contributed by atoms with Crippen LogP contribution in [0.25, 0.3) is 0 Å². The number of carbonyl (C=O) groups excluding carboxylic acids is 1. The second-order valence-corrected chi connectivity index (χ2v) is 7.81. The molecule has 5 nitrogen and oxygen atoms in total. The SMILES string of the molecule is CCC1(CO)CCN(CC(=O)NCCOC2CCCCC2C)CC1. The molecule has 0 aromatic heterocycles. The zero-order valence-corrected chi connectivity index (χ0v) is 15.6. The largest absolute Gasteiger partial charge is 0.396 e. The summed E-state index contributed by atoms with van der Waals surface area (Å²) in [7, 11) is 0. The zero-order valence-electron chi connectivity index (χ0n) is 15.6. The van der Waals surface area contributed by atoms with Crippen LogP contribution >= 0.6 is 0 Å². The number of nitrogens with zero attached hydrogens (tertiary/aromatic N) is 1. The van der Waals surface area contributed by atoms with Crippen LogP contribution < -0.4 is 5.32 Å². The Balaban J connectivity index is 1.57. The van der Waals surface area contributed by atoms with Crippen LogP contribution in [0.5, 0.6) is 0 Å². The molecule has 2 fully saturated rings. The van der Waals surface area contributed by atoms with Gasteiger partial charge in [-0.25, -0.2) is 0 Å². The summed E-state index contributed by atoms with van der Waals surface area (Å²) >= 11 is 0. The molecule has 0 radical (unpaired) electrons. The number of ether oxygens (including phenoxy) is 1. The van der Waals surface area contributed by atoms with E-state index in [0.29, 0.717) is 31.7 Å². The minimum absolute atomic E-state index is 0.0809. The maximum Gasteiger partial charge on any atom is 0.234 e. The molecule has 2 N–H and O–H groups in total. The van der Waals surface area contributed by atoms with Crippen LogP contribution in [0.4, 0.5) is 0 Å². The number of likely N-dealkylation sites (tertiary alicyclic amines) is 1. The van der Waals surface area contributed by atoms with Gasteiger partial charge in [-0.2, -0.15) is 0 Å². The Morgan fingerprint density at radius 3 is 2.62 bits per heavy atom. The summed E-state index contributed by atoms with van der Waals surface area (Å²) in [5, 5.41) is 12.5. The quantitative estimate of drug-likeness (QED) is 0.665. The molecule has 1 saturated heterocycles. The number of hydrogen-bond donors (Lipinski definition) is 2. The number of piperidine rings is 1. The lowest BCUT2D eigenvalue weighted by atomic mass is 9.77.